The standard InChI is InChI=1S/C20H26N2O4/c1-2-3-12-17(20(25)26)22-19(24)15-10-7-11-16(13-15)21-18(23)14-8-5-4-6-9-14/h2-3,7,10-11,13-14,17H,4-6,8-9,12H2,1H3,(H,21,23)(H,22,24)(H,25,26)/b3-2+. The van der Waals surface area contributed by atoms with Crippen LogP contribution in [0, 0.1) is 5.92 Å². The van der Waals surface area contributed by atoms with Gasteiger partial charge in [0.2, 0.25) is 5.91 Å². The summed E-state index contributed by atoms with van der Waals surface area (Å²) in [5.41, 5.74) is 0.867. The Morgan fingerprint density at radius 2 is 1.96 bits per heavy atom. The van der Waals surface area contributed by atoms with Crippen LogP contribution in [-0.4, -0.2) is 28.9 Å². The molecule has 26 heavy (non-hydrogen) atoms. The number of hydrogen-bond acceptors (Lipinski definition) is 3. The fourth-order valence-corrected chi connectivity index (χ4v) is 3.08. The SMILES string of the molecule is C/C=C/CC(NC(=O)c1cccc(NC(=O)C2CCCCC2)c1)C(=O)O. The highest BCUT2D eigenvalue weighted by atomic mass is 16.4. The molecule has 1 aromatic rings. The van der Waals surface area contributed by atoms with E-state index in [1.54, 1.807) is 43.3 Å². The van der Waals surface area contributed by atoms with E-state index in [2.05, 4.69) is 10.6 Å². The third-order valence-corrected chi connectivity index (χ3v) is 4.58. The first-order valence-corrected chi connectivity index (χ1v) is 9.07. The number of carboxylic acid groups (broad SMARTS) is 1. The summed E-state index contributed by atoms with van der Waals surface area (Å²) in [5.74, 6) is -1.55. The Hall–Kier alpha value is -2.63. The molecule has 0 radical (unpaired) electrons. The van der Waals surface area contributed by atoms with Gasteiger partial charge in [0.05, 0.1) is 0 Å². The number of amides is 2. The second-order valence-corrected chi connectivity index (χ2v) is 6.57. The summed E-state index contributed by atoms with van der Waals surface area (Å²) < 4.78 is 0. The maximum Gasteiger partial charge on any atom is 0.326 e. The minimum Gasteiger partial charge on any atom is -0.480 e. The molecule has 0 aliphatic heterocycles. The van der Waals surface area contributed by atoms with Gasteiger partial charge in [0.15, 0.2) is 0 Å². The highest BCUT2D eigenvalue weighted by molar-refractivity contribution is 5.99. The van der Waals surface area contributed by atoms with Crippen LogP contribution >= 0.6 is 0 Å². The minimum absolute atomic E-state index is 0.0150. The molecule has 0 saturated heterocycles. The summed E-state index contributed by atoms with van der Waals surface area (Å²) in [6.45, 7) is 1.79. The second kappa shape index (κ2) is 9.75. The number of hydrogen-bond donors (Lipinski definition) is 3. The molecule has 6 nitrogen and oxygen atoms in total. The van der Waals surface area contributed by atoms with E-state index >= 15 is 0 Å². The normalized spacial score (nSPS) is 16.2. The van der Waals surface area contributed by atoms with Crippen LogP contribution in [0.15, 0.2) is 36.4 Å². The van der Waals surface area contributed by atoms with Gasteiger partial charge in [-0.2, -0.15) is 0 Å². The topological polar surface area (TPSA) is 95.5 Å². The lowest BCUT2D eigenvalue weighted by molar-refractivity contribution is -0.139. The van der Waals surface area contributed by atoms with Gasteiger partial charge in [0.1, 0.15) is 6.04 Å². The molecule has 1 atom stereocenters. The van der Waals surface area contributed by atoms with Gasteiger partial charge in [0, 0.05) is 17.2 Å². The lowest BCUT2D eigenvalue weighted by Gasteiger charge is -2.21. The molecule has 0 spiro atoms. The van der Waals surface area contributed by atoms with Gasteiger partial charge in [-0.05, 0) is 44.4 Å². The molecule has 6 heteroatoms. The van der Waals surface area contributed by atoms with Crippen molar-refractivity contribution in [2.75, 3.05) is 5.32 Å². The Morgan fingerprint density at radius 3 is 2.62 bits per heavy atom. The monoisotopic (exact) mass is 358 g/mol. The molecule has 0 heterocycles. The Balaban J connectivity index is 2.01. The Kier molecular flexibility index (Phi) is 7.38. The summed E-state index contributed by atoms with van der Waals surface area (Å²) in [7, 11) is 0. The maximum atomic E-state index is 12.4. The Morgan fingerprint density at radius 1 is 1.23 bits per heavy atom. The summed E-state index contributed by atoms with van der Waals surface area (Å²) in [4.78, 5) is 35.9. The number of carboxylic acids is 1. The number of aliphatic carboxylic acids is 1. The molecule has 1 saturated carbocycles. The molecule has 1 aliphatic rings. The number of rotatable bonds is 7. The molecule has 2 rings (SSSR count). The van der Waals surface area contributed by atoms with E-state index in [4.69, 9.17) is 0 Å². The Labute approximate surface area is 153 Å². The Bertz CT molecular complexity index is 678. The van der Waals surface area contributed by atoms with Crippen molar-refractivity contribution in [3.8, 4) is 0 Å². The van der Waals surface area contributed by atoms with Crippen LogP contribution in [0.5, 0.6) is 0 Å². The number of anilines is 1. The van der Waals surface area contributed by atoms with Crippen LogP contribution in [0.1, 0.15) is 55.8 Å². The minimum atomic E-state index is -1.08. The van der Waals surface area contributed by atoms with Crippen molar-refractivity contribution in [1.29, 1.82) is 0 Å². The molecule has 0 bridgehead atoms. The summed E-state index contributed by atoms with van der Waals surface area (Å²) in [6, 6.07) is 5.59. The molecule has 1 fully saturated rings. The first-order valence-electron chi connectivity index (χ1n) is 9.07. The molecule has 3 N–H and O–H groups in total. The number of carbonyl (C=O) groups excluding carboxylic acids is 2. The van der Waals surface area contributed by atoms with Gasteiger partial charge in [-0.25, -0.2) is 4.79 Å². The van der Waals surface area contributed by atoms with Crippen molar-refractivity contribution >= 4 is 23.5 Å². The van der Waals surface area contributed by atoms with Gasteiger partial charge in [-0.15, -0.1) is 0 Å². The highest BCUT2D eigenvalue weighted by Gasteiger charge is 2.22. The van der Waals surface area contributed by atoms with Crippen LogP contribution in [0.2, 0.25) is 0 Å². The summed E-state index contributed by atoms with van der Waals surface area (Å²) in [5, 5.41) is 14.6. The van der Waals surface area contributed by atoms with Gasteiger partial charge in [-0.1, -0.05) is 37.5 Å². The van der Waals surface area contributed by atoms with Crippen molar-refractivity contribution < 1.29 is 19.5 Å². The molecule has 0 aromatic heterocycles. The zero-order valence-corrected chi connectivity index (χ0v) is 15.0. The number of nitrogens with one attached hydrogen (secondary N) is 2. The van der Waals surface area contributed by atoms with Gasteiger partial charge in [-0.3, -0.25) is 9.59 Å². The third kappa shape index (κ3) is 5.72. The van der Waals surface area contributed by atoms with Crippen molar-refractivity contribution in [2.45, 2.75) is 51.5 Å². The predicted molar refractivity (Wildman–Crippen MR) is 100.0 cm³/mol. The maximum absolute atomic E-state index is 12.4. The van der Waals surface area contributed by atoms with Crippen molar-refractivity contribution in [1.82, 2.24) is 5.32 Å². The average Bonchev–Trinajstić information content (AvgIpc) is 2.65. The van der Waals surface area contributed by atoms with Crippen LogP contribution in [-0.2, 0) is 9.59 Å². The molecule has 1 unspecified atom stereocenters. The van der Waals surface area contributed by atoms with Crippen molar-refractivity contribution in [2.24, 2.45) is 5.92 Å². The number of allylic oxidation sites excluding steroid dienone is 1. The third-order valence-electron chi connectivity index (χ3n) is 4.58. The zero-order chi connectivity index (χ0) is 18.9. The van der Waals surface area contributed by atoms with Crippen molar-refractivity contribution in [3.05, 3.63) is 42.0 Å². The molecule has 140 valence electrons. The molecule has 1 aromatic carbocycles. The highest BCUT2D eigenvalue weighted by Crippen LogP contribution is 2.25. The lowest BCUT2D eigenvalue weighted by atomic mass is 9.88. The fraction of sp³-hybridized carbons (Fsp3) is 0.450. The zero-order valence-electron chi connectivity index (χ0n) is 15.0. The van der Waals surface area contributed by atoms with Gasteiger partial charge < -0.3 is 15.7 Å². The summed E-state index contributed by atoms with van der Waals surface area (Å²) in [6.07, 6.45) is 8.78. The smallest absolute Gasteiger partial charge is 0.326 e. The second-order valence-electron chi connectivity index (χ2n) is 6.57. The van der Waals surface area contributed by atoms with E-state index in [-0.39, 0.29) is 18.2 Å². The van der Waals surface area contributed by atoms with Crippen LogP contribution in [0.3, 0.4) is 0 Å². The molecular formula is C20H26N2O4. The molecule has 1 aliphatic carbocycles. The van der Waals surface area contributed by atoms with E-state index in [0.29, 0.717) is 11.3 Å². The van der Waals surface area contributed by atoms with Crippen LogP contribution in [0.4, 0.5) is 5.69 Å². The van der Waals surface area contributed by atoms with Crippen LogP contribution < -0.4 is 10.6 Å². The number of benzene rings is 1. The molecular weight excluding hydrogens is 332 g/mol. The largest absolute Gasteiger partial charge is 0.480 e. The van der Waals surface area contributed by atoms with E-state index in [9.17, 15) is 19.5 Å². The molecule has 2 amide bonds. The van der Waals surface area contributed by atoms with E-state index in [1.165, 1.54) is 6.42 Å². The lowest BCUT2D eigenvalue weighted by Crippen LogP contribution is -2.40. The van der Waals surface area contributed by atoms with Crippen LogP contribution in [0.25, 0.3) is 0 Å². The first-order chi connectivity index (χ1) is 12.5. The first kappa shape index (κ1) is 19.7. The van der Waals surface area contributed by atoms with Gasteiger partial charge in [0.25, 0.3) is 5.91 Å². The fourth-order valence-electron chi connectivity index (χ4n) is 3.08. The number of carbonyl (C=O) groups is 3. The van der Waals surface area contributed by atoms with E-state index in [1.807, 2.05) is 0 Å². The predicted octanol–water partition coefficient (Wildman–Crippen LogP) is 3.35. The van der Waals surface area contributed by atoms with Gasteiger partial charge >= 0.3 is 5.97 Å². The average molecular weight is 358 g/mol. The van der Waals surface area contributed by atoms with Crippen molar-refractivity contribution in [3.63, 3.8) is 0 Å². The summed E-state index contributed by atoms with van der Waals surface area (Å²) >= 11 is 0. The quantitative estimate of drug-likeness (QED) is 0.651. The van der Waals surface area contributed by atoms with E-state index in [0.717, 1.165) is 25.7 Å². The van der Waals surface area contributed by atoms with E-state index < -0.39 is 17.9 Å².